The Morgan fingerprint density at radius 3 is 2.70 bits per heavy atom. The number of ether oxygens (including phenoxy) is 1. The van der Waals surface area contributed by atoms with Gasteiger partial charge in [0.15, 0.2) is 0 Å². The molecule has 0 bridgehead atoms. The molecule has 3 heteroatoms. The fraction of sp³-hybridized carbons (Fsp3) is 0.429. The molecule has 0 radical (unpaired) electrons. The van der Waals surface area contributed by atoms with Gasteiger partial charge < -0.3 is 4.74 Å². The number of nitrogens with zero attached hydrogens (tertiary/aromatic N) is 1. The summed E-state index contributed by atoms with van der Waals surface area (Å²) in [4.78, 5) is 10.6. The Kier molecular flexibility index (Phi) is 3.97. The fourth-order valence-corrected chi connectivity index (χ4v) is 0.377. The van der Waals surface area contributed by atoms with Gasteiger partial charge in [-0.2, -0.15) is 5.26 Å². The molecule has 0 aliphatic carbocycles. The SMILES string of the molecule is CC(C)OC(=O)/C=C/C#N. The maximum Gasteiger partial charge on any atom is 0.331 e. The standard InChI is InChI=1S/C7H9NO2/c1-6(2)10-7(9)4-3-5-8/h3-4,6H,1-2H3/b4-3+. The predicted molar refractivity (Wildman–Crippen MR) is 36.0 cm³/mol. The number of carbonyl (C=O) groups is 1. The van der Waals surface area contributed by atoms with Crippen LogP contribution in [0.1, 0.15) is 13.8 Å². The van der Waals surface area contributed by atoms with Crippen molar-refractivity contribution in [3.8, 4) is 6.07 Å². The van der Waals surface area contributed by atoms with Crippen molar-refractivity contribution in [3.63, 3.8) is 0 Å². The molecule has 0 unspecified atom stereocenters. The summed E-state index contributed by atoms with van der Waals surface area (Å²) in [5.41, 5.74) is 0. The van der Waals surface area contributed by atoms with E-state index in [4.69, 9.17) is 5.26 Å². The van der Waals surface area contributed by atoms with Gasteiger partial charge in [0, 0.05) is 12.2 Å². The van der Waals surface area contributed by atoms with Crippen molar-refractivity contribution in [2.24, 2.45) is 0 Å². The van der Waals surface area contributed by atoms with E-state index in [9.17, 15) is 4.79 Å². The van der Waals surface area contributed by atoms with Crippen molar-refractivity contribution in [1.29, 1.82) is 5.26 Å². The second-order valence-corrected chi connectivity index (χ2v) is 1.95. The monoisotopic (exact) mass is 139 g/mol. The van der Waals surface area contributed by atoms with Gasteiger partial charge in [-0.15, -0.1) is 0 Å². The van der Waals surface area contributed by atoms with Crippen LogP contribution in [0, 0.1) is 11.3 Å². The second kappa shape index (κ2) is 4.57. The van der Waals surface area contributed by atoms with E-state index < -0.39 is 5.97 Å². The molecule has 0 spiro atoms. The third-order valence-electron chi connectivity index (χ3n) is 0.646. The van der Waals surface area contributed by atoms with Crippen molar-refractivity contribution in [3.05, 3.63) is 12.2 Å². The Labute approximate surface area is 59.9 Å². The lowest BCUT2D eigenvalue weighted by atomic mass is 10.4. The summed E-state index contributed by atoms with van der Waals surface area (Å²) >= 11 is 0. The van der Waals surface area contributed by atoms with Gasteiger partial charge in [0.25, 0.3) is 0 Å². The van der Waals surface area contributed by atoms with Gasteiger partial charge >= 0.3 is 5.97 Å². The minimum atomic E-state index is -0.475. The first-order valence-corrected chi connectivity index (χ1v) is 2.93. The van der Waals surface area contributed by atoms with Crippen LogP contribution in [0.25, 0.3) is 0 Å². The maximum atomic E-state index is 10.6. The summed E-state index contributed by atoms with van der Waals surface area (Å²) in [6.45, 7) is 3.50. The highest BCUT2D eigenvalue weighted by atomic mass is 16.5. The highest BCUT2D eigenvalue weighted by Gasteiger charge is 1.98. The van der Waals surface area contributed by atoms with Crippen LogP contribution in [-0.4, -0.2) is 12.1 Å². The van der Waals surface area contributed by atoms with Gasteiger partial charge in [-0.1, -0.05) is 0 Å². The summed E-state index contributed by atoms with van der Waals surface area (Å²) in [7, 11) is 0. The van der Waals surface area contributed by atoms with Gasteiger partial charge in [-0.25, -0.2) is 4.79 Å². The van der Waals surface area contributed by atoms with Crippen molar-refractivity contribution >= 4 is 5.97 Å². The number of hydrogen-bond donors (Lipinski definition) is 0. The summed E-state index contributed by atoms with van der Waals surface area (Å²) in [5, 5.41) is 8.00. The molecular weight excluding hydrogens is 130 g/mol. The Bertz CT molecular complexity index is 177. The van der Waals surface area contributed by atoms with E-state index in [1.807, 2.05) is 0 Å². The van der Waals surface area contributed by atoms with Gasteiger partial charge in [-0.3, -0.25) is 0 Å². The van der Waals surface area contributed by atoms with Crippen molar-refractivity contribution < 1.29 is 9.53 Å². The van der Waals surface area contributed by atoms with E-state index in [2.05, 4.69) is 4.74 Å². The summed E-state index contributed by atoms with van der Waals surface area (Å²) in [5.74, 6) is -0.475. The van der Waals surface area contributed by atoms with Crippen molar-refractivity contribution in [1.82, 2.24) is 0 Å². The zero-order valence-corrected chi connectivity index (χ0v) is 6.00. The van der Waals surface area contributed by atoms with Crippen LogP contribution >= 0.6 is 0 Å². The number of nitriles is 1. The summed E-state index contributed by atoms with van der Waals surface area (Å²) in [6.07, 6.45) is 2.06. The quantitative estimate of drug-likeness (QED) is 0.326. The van der Waals surface area contributed by atoms with Crippen LogP contribution in [-0.2, 0) is 9.53 Å². The first kappa shape index (κ1) is 8.70. The number of carbonyl (C=O) groups excluding carboxylic acids is 1. The molecule has 0 saturated heterocycles. The first-order chi connectivity index (χ1) is 4.66. The van der Waals surface area contributed by atoms with Crippen LogP contribution in [0.4, 0.5) is 0 Å². The zero-order chi connectivity index (χ0) is 7.98. The van der Waals surface area contributed by atoms with Crippen LogP contribution in [0.3, 0.4) is 0 Å². The molecule has 0 aromatic heterocycles. The average Bonchev–Trinajstić information content (AvgIpc) is 1.82. The second-order valence-electron chi connectivity index (χ2n) is 1.95. The van der Waals surface area contributed by atoms with E-state index in [0.717, 1.165) is 12.2 Å². The minimum absolute atomic E-state index is 0.129. The van der Waals surface area contributed by atoms with Gasteiger partial charge in [0.1, 0.15) is 0 Å². The molecule has 3 nitrogen and oxygen atoms in total. The Hall–Kier alpha value is -1.30. The molecule has 0 N–H and O–H groups in total. The van der Waals surface area contributed by atoms with E-state index in [-0.39, 0.29) is 6.10 Å². The van der Waals surface area contributed by atoms with Crippen LogP contribution in [0.2, 0.25) is 0 Å². The topological polar surface area (TPSA) is 50.1 Å². The molecular formula is C7H9NO2. The molecule has 0 saturated carbocycles. The smallest absolute Gasteiger partial charge is 0.331 e. The molecule has 0 aliphatic rings. The molecule has 54 valence electrons. The van der Waals surface area contributed by atoms with Crippen LogP contribution < -0.4 is 0 Å². The highest BCUT2D eigenvalue weighted by molar-refractivity contribution is 5.82. The first-order valence-electron chi connectivity index (χ1n) is 2.93. The molecule has 0 aromatic rings. The maximum absolute atomic E-state index is 10.6. The van der Waals surface area contributed by atoms with Crippen LogP contribution in [0.5, 0.6) is 0 Å². The van der Waals surface area contributed by atoms with E-state index in [0.29, 0.717) is 0 Å². The molecule has 0 fully saturated rings. The largest absolute Gasteiger partial charge is 0.460 e. The fourth-order valence-electron chi connectivity index (χ4n) is 0.377. The van der Waals surface area contributed by atoms with Crippen molar-refractivity contribution in [2.45, 2.75) is 20.0 Å². The third kappa shape index (κ3) is 4.85. The lowest BCUT2D eigenvalue weighted by Crippen LogP contribution is -2.08. The molecule has 0 aromatic carbocycles. The number of allylic oxidation sites excluding steroid dienone is 1. The number of esters is 1. The highest BCUT2D eigenvalue weighted by Crippen LogP contribution is 1.89. The van der Waals surface area contributed by atoms with Gasteiger partial charge in [-0.05, 0) is 13.8 Å². The van der Waals surface area contributed by atoms with E-state index in [1.165, 1.54) is 0 Å². The normalized spacial score (nSPS) is 9.80. The third-order valence-corrected chi connectivity index (χ3v) is 0.646. The molecule has 0 heterocycles. The number of hydrogen-bond acceptors (Lipinski definition) is 3. The van der Waals surface area contributed by atoms with Crippen molar-refractivity contribution in [2.75, 3.05) is 0 Å². The lowest BCUT2D eigenvalue weighted by Gasteiger charge is -2.02. The van der Waals surface area contributed by atoms with Gasteiger partial charge in [0.2, 0.25) is 0 Å². The van der Waals surface area contributed by atoms with E-state index >= 15 is 0 Å². The lowest BCUT2D eigenvalue weighted by molar-refractivity contribution is -0.141. The zero-order valence-electron chi connectivity index (χ0n) is 6.00. The van der Waals surface area contributed by atoms with E-state index in [1.54, 1.807) is 19.9 Å². The van der Waals surface area contributed by atoms with Gasteiger partial charge in [0.05, 0.1) is 12.2 Å². The molecule has 10 heavy (non-hydrogen) atoms. The van der Waals surface area contributed by atoms with Crippen LogP contribution in [0.15, 0.2) is 12.2 Å². The minimum Gasteiger partial charge on any atom is -0.460 e. The summed E-state index contributed by atoms with van der Waals surface area (Å²) < 4.78 is 4.68. The molecule has 0 amide bonds. The Balaban J connectivity index is 3.67. The predicted octanol–water partition coefficient (Wildman–Crippen LogP) is 1.02. The number of rotatable bonds is 2. The Morgan fingerprint density at radius 1 is 1.70 bits per heavy atom. The Morgan fingerprint density at radius 2 is 2.30 bits per heavy atom. The molecule has 0 rings (SSSR count). The molecule has 0 aliphatic heterocycles. The summed E-state index contributed by atoms with van der Waals surface area (Å²) in [6, 6.07) is 1.69. The molecule has 0 atom stereocenters. The average molecular weight is 139 g/mol.